The Kier molecular flexibility index (Phi) is 4.02. The van der Waals surface area contributed by atoms with Crippen molar-refractivity contribution in [2.24, 2.45) is 7.05 Å². The van der Waals surface area contributed by atoms with E-state index in [0.717, 1.165) is 5.56 Å². The highest BCUT2D eigenvalue weighted by molar-refractivity contribution is 9.10. The zero-order valence-electron chi connectivity index (χ0n) is 10.5. The van der Waals surface area contributed by atoms with Crippen molar-refractivity contribution in [3.8, 4) is 0 Å². The fraction of sp³-hybridized carbons (Fsp3) is 0.273. The van der Waals surface area contributed by atoms with E-state index >= 15 is 0 Å². The van der Waals surface area contributed by atoms with E-state index in [1.54, 1.807) is 25.2 Å². The molecule has 1 aromatic carbocycles. The molecular weight excluding hydrogens is 332 g/mol. The fourth-order valence-electron chi connectivity index (χ4n) is 1.53. The van der Waals surface area contributed by atoms with Crippen LogP contribution in [0, 0.1) is 6.92 Å². The summed E-state index contributed by atoms with van der Waals surface area (Å²) < 4.78 is 28.8. The zero-order chi connectivity index (χ0) is 14.0. The molecule has 0 aliphatic carbocycles. The predicted octanol–water partition coefficient (Wildman–Crippen LogP) is 1.36. The predicted molar refractivity (Wildman–Crippen MR) is 73.9 cm³/mol. The largest absolute Gasteiger partial charge is 0.256 e. The van der Waals surface area contributed by atoms with E-state index < -0.39 is 10.0 Å². The Labute approximate surface area is 120 Å². The maximum atomic E-state index is 12.1. The lowest BCUT2D eigenvalue weighted by Gasteiger charge is -2.07. The van der Waals surface area contributed by atoms with Crippen molar-refractivity contribution in [3.05, 3.63) is 40.4 Å². The minimum absolute atomic E-state index is 0.0590. The average molecular weight is 345 g/mol. The van der Waals surface area contributed by atoms with Crippen molar-refractivity contribution in [2.75, 3.05) is 0 Å². The summed E-state index contributed by atoms with van der Waals surface area (Å²) in [4.78, 5) is 4.17. The molecule has 0 fully saturated rings. The van der Waals surface area contributed by atoms with Crippen LogP contribution >= 0.6 is 15.9 Å². The Bertz CT molecular complexity index is 696. The summed E-state index contributed by atoms with van der Waals surface area (Å²) in [6.07, 6.45) is 1.52. The summed E-state index contributed by atoms with van der Waals surface area (Å²) >= 11 is 3.26. The van der Waals surface area contributed by atoms with Crippen LogP contribution in [0.2, 0.25) is 0 Å². The molecule has 0 saturated carbocycles. The molecule has 0 aliphatic rings. The molecule has 1 aromatic heterocycles. The first-order valence-corrected chi connectivity index (χ1v) is 7.76. The van der Waals surface area contributed by atoms with Gasteiger partial charge in [0.05, 0.1) is 11.4 Å². The van der Waals surface area contributed by atoms with Gasteiger partial charge in [0.15, 0.2) is 5.82 Å². The van der Waals surface area contributed by atoms with E-state index in [1.807, 2.05) is 6.92 Å². The first kappa shape index (κ1) is 14.2. The van der Waals surface area contributed by atoms with Gasteiger partial charge in [0.25, 0.3) is 0 Å². The Morgan fingerprint density at radius 2 is 2.16 bits per heavy atom. The lowest BCUT2D eigenvalue weighted by Crippen LogP contribution is -2.24. The van der Waals surface area contributed by atoms with Crippen molar-refractivity contribution in [3.63, 3.8) is 0 Å². The van der Waals surface area contributed by atoms with Gasteiger partial charge in [-0.25, -0.2) is 18.1 Å². The molecular formula is C11H13BrN4O2S. The molecule has 8 heteroatoms. The van der Waals surface area contributed by atoms with Gasteiger partial charge in [-0.1, -0.05) is 6.07 Å². The standard InChI is InChI=1S/C11H13BrN4O2S/c1-8-3-4-10(9(12)5-8)19(17,18)14-6-11-13-7-16(2)15-11/h3-5,7,14H,6H2,1-2H3. The second-order valence-electron chi connectivity index (χ2n) is 4.09. The third-order valence-electron chi connectivity index (χ3n) is 2.44. The third-order valence-corrected chi connectivity index (χ3v) is 4.82. The highest BCUT2D eigenvalue weighted by Gasteiger charge is 2.17. The second kappa shape index (κ2) is 5.40. The third kappa shape index (κ3) is 3.40. The first-order valence-electron chi connectivity index (χ1n) is 5.49. The van der Waals surface area contributed by atoms with Gasteiger partial charge < -0.3 is 0 Å². The van der Waals surface area contributed by atoms with E-state index in [1.165, 1.54) is 11.0 Å². The van der Waals surface area contributed by atoms with Crippen LogP contribution in [-0.4, -0.2) is 23.2 Å². The normalized spacial score (nSPS) is 11.7. The minimum atomic E-state index is -3.58. The van der Waals surface area contributed by atoms with E-state index in [0.29, 0.717) is 10.3 Å². The van der Waals surface area contributed by atoms with Crippen LogP contribution in [0.1, 0.15) is 11.4 Å². The number of halogens is 1. The van der Waals surface area contributed by atoms with E-state index in [-0.39, 0.29) is 11.4 Å². The lowest BCUT2D eigenvalue weighted by atomic mass is 10.2. The molecule has 0 radical (unpaired) electrons. The molecule has 1 N–H and O–H groups in total. The van der Waals surface area contributed by atoms with Crippen LogP contribution in [0.5, 0.6) is 0 Å². The van der Waals surface area contributed by atoms with Gasteiger partial charge in [-0.15, -0.1) is 0 Å². The maximum absolute atomic E-state index is 12.1. The molecule has 0 bridgehead atoms. The van der Waals surface area contributed by atoms with Gasteiger partial charge in [-0.3, -0.25) is 4.68 Å². The maximum Gasteiger partial charge on any atom is 0.242 e. The van der Waals surface area contributed by atoms with Crippen LogP contribution in [0.15, 0.2) is 33.9 Å². The van der Waals surface area contributed by atoms with Crippen LogP contribution in [-0.2, 0) is 23.6 Å². The summed E-state index contributed by atoms with van der Waals surface area (Å²) in [6, 6.07) is 5.07. The fourth-order valence-corrected chi connectivity index (χ4v) is 3.70. The van der Waals surface area contributed by atoms with Gasteiger partial charge in [-0.05, 0) is 40.5 Å². The number of nitrogens with one attached hydrogen (secondary N) is 1. The van der Waals surface area contributed by atoms with Gasteiger partial charge in [0, 0.05) is 11.5 Å². The molecule has 6 nitrogen and oxygen atoms in total. The number of hydrogen-bond acceptors (Lipinski definition) is 4. The summed E-state index contributed by atoms with van der Waals surface area (Å²) in [7, 11) is -1.86. The molecule has 2 aromatic rings. The molecule has 0 atom stereocenters. The first-order chi connectivity index (χ1) is 8.88. The Morgan fingerprint density at radius 1 is 1.42 bits per heavy atom. The zero-order valence-corrected chi connectivity index (χ0v) is 12.9. The highest BCUT2D eigenvalue weighted by Crippen LogP contribution is 2.22. The number of nitrogens with zero attached hydrogens (tertiary/aromatic N) is 3. The van der Waals surface area contributed by atoms with E-state index in [4.69, 9.17) is 0 Å². The number of rotatable bonds is 4. The molecule has 1 heterocycles. The quantitative estimate of drug-likeness (QED) is 0.908. The van der Waals surface area contributed by atoms with Crippen LogP contribution in [0.3, 0.4) is 0 Å². The second-order valence-corrected chi connectivity index (χ2v) is 6.68. The summed E-state index contributed by atoms with van der Waals surface area (Å²) in [5, 5.41) is 4.01. The topological polar surface area (TPSA) is 76.9 Å². The van der Waals surface area contributed by atoms with Crippen molar-refractivity contribution in [1.82, 2.24) is 19.5 Å². The summed E-state index contributed by atoms with van der Waals surface area (Å²) in [5.74, 6) is 0.425. The summed E-state index contributed by atoms with van der Waals surface area (Å²) in [6.45, 7) is 1.95. The van der Waals surface area contributed by atoms with Gasteiger partial charge in [-0.2, -0.15) is 5.10 Å². The number of aryl methyl sites for hydroxylation is 2. The minimum Gasteiger partial charge on any atom is -0.256 e. The van der Waals surface area contributed by atoms with Crippen LogP contribution < -0.4 is 4.72 Å². The molecule has 0 unspecified atom stereocenters. The Morgan fingerprint density at radius 3 is 2.74 bits per heavy atom. The molecule has 2 rings (SSSR count). The van der Waals surface area contributed by atoms with Crippen molar-refractivity contribution < 1.29 is 8.42 Å². The average Bonchev–Trinajstić information content (AvgIpc) is 2.72. The van der Waals surface area contributed by atoms with E-state index in [2.05, 4.69) is 30.7 Å². The number of aromatic nitrogens is 3. The molecule has 19 heavy (non-hydrogen) atoms. The monoisotopic (exact) mass is 344 g/mol. The van der Waals surface area contributed by atoms with Crippen LogP contribution in [0.25, 0.3) is 0 Å². The molecule has 0 spiro atoms. The SMILES string of the molecule is Cc1ccc(S(=O)(=O)NCc2ncn(C)n2)c(Br)c1. The van der Waals surface area contributed by atoms with Crippen molar-refractivity contribution >= 4 is 26.0 Å². The number of sulfonamides is 1. The molecule has 0 amide bonds. The number of hydrogen-bond donors (Lipinski definition) is 1. The molecule has 102 valence electrons. The van der Waals surface area contributed by atoms with Gasteiger partial charge in [0.1, 0.15) is 6.33 Å². The summed E-state index contributed by atoms with van der Waals surface area (Å²) in [5.41, 5.74) is 0.984. The Hall–Kier alpha value is -1.25. The van der Waals surface area contributed by atoms with Crippen LogP contribution in [0.4, 0.5) is 0 Å². The van der Waals surface area contributed by atoms with Gasteiger partial charge >= 0.3 is 0 Å². The molecule has 0 saturated heterocycles. The van der Waals surface area contributed by atoms with Crippen molar-refractivity contribution in [1.29, 1.82) is 0 Å². The molecule has 0 aliphatic heterocycles. The lowest BCUT2D eigenvalue weighted by molar-refractivity contribution is 0.578. The van der Waals surface area contributed by atoms with Gasteiger partial charge in [0.2, 0.25) is 10.0 Å². The van der Waals surface area contributed by atoms with Crippen molar-refractivity contribution in [2.45, 2.75) is 18.4 Å². The Balaban J connectivity index is 2.18. The number of benzene rings is 1. The highest BCUT2D eigenvalue weighted by atomic mass is 79.9. The smallest absolute Gasteiger partial charge is 0.242 e. The van der Waals surface area contributed by atoms with E-state index in [9.17, 15) is 8.42 Å².